The Balaban J connectivity index is 0.000000191. The van der Waals surface area contributed by atoms with Gasteiger partial charge in [-0.2, -0.15) is 12.1 Å². The second-order valence-corrected chi connectivity index (χ2v) is 8.91. The van der Waals surface area contributed by atoms with E-state index in [2.05, 4.69) is 64.7 Å². The van der Waals surface area contributed by atoms with Gasteiger partial charge in [-0.05, 0) is 37.7 Å². The Kier molecular flexibility index (Phi) is 7.39. The second-order valence-electron chi connectivity index (χ2n) is 8.91. The van der Waals surface area contributed by atoms with Gasteiger partial charge in [-0.15, -0.1) is 42.0 Å². The van der Waals surface area contributed by atoms with Gasteiger partial charge in [0.25, 0.3) is 11.4 Å². The first-order valence-corrected chi connectivity index (χ1v) is 12.2. The number of pyridine rings is 2. The van der Waals surface area contributed by atoms with Crippen LogP contribution in [0.5, 0.6) is 0 Å². The van der Waals surface area contributed by atoms with Gasteiger partial charge in [-0.1, -0.05) is 38.8 Å². The van der Waals surface area contributed by atoms with Crippen LogP contribution in [-0.2, 0) is 20.1 Å². The summed E-state index contributed by atoms with van der Waals surface area (Å²) in [4.78, 5) is 8.56. The summed E-state index contributed by atoms with van der Waals surface area (Å²) in [5.41, 5.74) is 6.50. The fraction of sp³-hybridized carbons (Fsp3) is 0.0938. The molecule has 0 amide bonds. The molecule has 0 N–H and O–H groups in total. The van der Waals surface area contributed by atoms with Crippen LogP contribution in [0.3, 0.4) is 0 Å². The zero-order chi connectivity index (χ0) is 25.2. The van der Waals surface area contributed by atoms with E-state index in [4.69, 9.17) is 4.42 Å². The van der Waals surface area contributed by atoms with Crippen molar-refractivity contribution in [3.8, 4) is 11.3 Å². The van der Waals surface area contributed by atoms with Crippen molar-refractivity contribution in [2.45, 2.75) is 19.9 Å². The van der Waals surface area contributed by atoms with Crippen LogP contribution >= 0.6 is 0 Å². The van der Waals surface area contributed by atoms with E-state index in [1.807, 2.05) is 77.4 Å². The van der Waals surface area contributed by atoms with Crippen LogP contribution in [0.4, 0.5) is 17.1 Å². The molecular weight excluding hydrogens is 649 g/mol. The molecule has 3 aromatic carbocycles. The number of rotatable bonds is 3. The fourth-order valence-corrected chi connectivity index (χ4v) is 4.44. The first-order chi connectivity index (χ1) is 18.2. The van der Waals surface area contributed by atoms with Crippen molar-refractivity contribution in [3.63, 3.8) is 0 Å². The smallest absolute Gasteiger partial charge is 0.494 e. The molecule has 38 heavy (non-hydrogen) atoms. The number of benzene rings is 3. The Hall–Kier alpha value is -4.21. The number of nitrogens with zero attached hydrogens (tertiary/aromatic N) is 4. The van der Waals surface area contributed by atoms with Crippen molar-refractivity contribution >= 4 is 45.1 Å². The molecule has 7 rings (SSSR count). The van der Waals surface area contributed by atoms with Crippen molar-refractivity contribution in [1.29, 1.82) is 0 Å². The van der Waals surface area contributed by atoms with Crippen molar-refractivity contribution < 1.29 is 29.1 Å². The third-order valence-corrected chi connectivity index (χ3v) is 6.17. The Morgan fingerprint density at radius 3 is 2.32 bits per heavy atom. The summed E-state index contributed by atoms with van der Waals surface area (Å²) in [6, 6.07) is 40.1. The van der Waals surface area contributed by atoms with Crippen LogP contribution in [-0.4, -0.2) is 26.6 Å². The zero-order valence-electron chi connectivity index (χ0n) is 20.9. The maximum Gasteiger partial charge on any atom is 0.494 e. The van der Waals surface area contributed by atoms with Crippen LogP contribution in [0.15, 0.2) is 108 Å². The van der Waals surface area contributed by atoms with Crippen LogP contribution in [0.2, 0.25) is 0 Å². The zero-order valence-corrected chi connectivity index (χ0v) is 23.3. The van der Waals surface area contributed by atoms with E-state index in [-0.39, 0.29) is 20.1 Å². The molecule has 3 aromatic heterocycles. The Morgan fingerprint density at radius 2 is 1.55 bits per heavy atom. The van der Waals surface area contributed by atoms with Crippen LogP contribution in [0, 0.1) is 12.1 Å². The Labute approximate surface area is 234 Å². The molecule has 0 atom stereocenters. The third-order valence-electron chi connectivity index (χ3n) is 6.17. The standard InChI is InChI=1S/C21H16N3O.C11H8N.Ir/c1-14(2)23-13-24(18-10-4-3-9-17(18)23)19-11-5-7-15-16-8-6-12-22-21(16)25-20(15)19;1-2-6-10(7-3-1)11-8-4-5-9-12-11;/h3-10,12,14H,1-2H3;1-6,8-9H;/q+1;-1;. The predicted octanol–water partition coefficient (Wildman–Crippen LogP) is 7.40. The molecule has 5 nitrogen and oxygen atoms in total. The Morgan fingerprint density at radius 1 is 0.763 bits per heavy atom. The van der Waals surface area contributed by atoms with Gasteiger partial charge >= 0.3 is 6.01 Å². The summed E-state index contributed by atoms with van der Waals surface area (Å²) < 4.78 is 10.2. The summed E-state index contributed by atoms with van der Waals surface area (Å²) in [6.07, 6.45) is 3.54. The SMILES string of the molecule is CC(C)[N+]1=C=[N+](c2[c-]ccc3c2oc2ncccc23)c2ccccc21.[Ir].[c-]1ccccc1-c1ccccn1. The number of fused-ring (bicyclic) bond motifs is 4. The molecule has 0 bridgehead atoms. The van der Waals surface area contributed by atoms with Gasteiger partial charge in [0.05, 0.1) is 5.58 Å². The Bertz CT molecular complexity index is 1750. The van der Waals surface area contributed by atoms with E-state index in [1.54, 1.807) is 12.4 Å². The molecule has 0 saturated carbocycles. The van der Waals surface area contributed by atoms with E-state index < -0.39 is 0 Å². The fourth-order valence-electron chi connectivity index (χ4n) is 4.44. The summed E-state index contributed by atoms with van der Waals surface area (Å²) in [6.45, 7) is 4.31. The van der Waals surface area contributed by atoms with Gasteiger partial charge in [-0.3, -0.25) is 0 Å². The molecule has 6 heteroatoms. The minimum Gasteiger partial charge on any atom is -0.495 e. The molecule has 0 saturated heterocycles. The van der Waals surface area contributed by atoms with Gasteiger partial charge in [0.15, 0.2) is 11.7 Å². The van der Waals surface area contributed by atoms with Gasteiger partial charge in [-0.25, -0.2) is 4.98 Å². The van der Waals surface area contributed by atoms with Crippen molar-refractivity contribution in [2.24, 2.45) is 0 Å². The largest absolute Gasteiger partial charge is 0.495 e. The monoisotopic (exact) mass is 673 g/mol. The van der Waals surface area contributed by atoms with Crippen molar-refractivity contribution in [1.82, 2.24) is 14.5 Å². The van der Waals surface area contributed by atoms with E-state index in [9.17, 15) is 0 Å². The molecule has 1 aliphatic heterocycles. The van der Waals surface area contributed by atoms with Crippen LogP contribution in [0.25, 0.3) is 33.3 Å². The normalized spacial score (nSPS) is 11.9. The minimum atomic E-state index is 0. The summed E-state index contributed by atoms with van der Waals surface area (Å²) in [5, 5.41) is 2.06. The molecular formula is C32H24IrN4O. The van der Waals surface area contributed by atoms with E-state index in [0.717, 1.165) is 44.7 Å². The third kappa shape index (κ3) is 4.73. The molecule has 0 aliphatic carbocycles. The molecule has 4 heterocycles. The quantitative estimate of drug-likeness (QED) is 0.145. The summed E-state index contributed by atoms with van der Waals surface area (Å²) >= 11 is 0. The molecule has 0 fully saturated rings. The molecule has 0 spiro atoms. The molecule has 1 aliphatic rings. The maximum absolute atomic E-state index is 6.06. The van der Waals surface area contributed by atoms with Gasteiger partial charge < -0.3 is 9.40 Å². The molecule has 187 valence electrons. The van der Waals surface area contributed by atoms with Gasteiger partial charge in [0.2, 0.25) is 5.71 Å². The maximum atomic E-state index is 6.06. The molecule has 1 radical (unpaired) electrons. The number of para-hydroxylation sites is 2. The van der Waals surface area contributed by atoms with Crippen molar-refractivity contribution in [2.75, 3.05) is 0 Å². The predicted molar refractivity (Wildman–Crippen MR) is 147 cm³/mol. The van der Waals surface area contributed by atoms with Crippen LogP contribution < -0.4 is 4.58 Å². The van der Waals surface area contributed by atoms with Crippen LogP contribution in [0.1, 0.15) is 13.8 Å². The van der Waals surface area contributed by atoms with Gasteiger partial charge in [0, 0.05) is 50.0 Å². The topological polar surface area (TPSA) is 44.9 Å². The molecule has 0 unspecified atom stereocenters. The van der Waals surface area contributed by atoms with E-state index >= 15 is 0 Å². The number of furan rings is 1. The summed E-state index contributed by atoms with van der Waals surface area (Å²) in [5.74, 6) is 0. The molecule has 6 aromatic rings. The number of hydrogen-bond donors (Lipinski definition) is 0. The first kappa shape index (κ1) is 25.4. The average molecular weight is 673 g/mol. The average Bonchev–Trinajstić information content (AvgIpc) is 3.54. The number of hydrogen-bond acceptors (Lipinski definition) is 3. The second kappa shape index (κ2) is 11.0. The van der Waals surface area contributed by atoms with E-state index in [0.29, 0.717) is 11.8 Å². The summed E-state index contributed by atoms with van der Waals surface area (Å²) in [7, 11) is 0. The van der Waals surface area contributed by atoms with Crippen molar-refractivity contribution in [3.05, 3.63) is 116 Å². The van der Waals surface area contributed by atoms with E-state index in [1.165, 1.54) is 0 Å². The minimum absolute atomic E-state index is 0. The first-order valence-electron chi connectivity index (χ1n) is 12.2. The van der Waals surface area contributed by atoms with Gasteiger partial charge in [0.1, 0.15) is 0 Å². The number of aromatic nitrogens is 2.